The molecule has 0 amide bonds. The molecule has 0 bridgehead atoms. The zero-order valence-electron chi connectivity index (χ0n) is 21.4. The summed E-state index contributed by atoms with van der Waals surface area (Å²) < 4.78 is 17.8. The highest BCUT2D eigenvalue weighted by Crippen LogP contribution is 2.48. The Morgan fingerprint density at radius 1 is 1.00 bits per heavy atom. The number of carbonyl (C=O) groups is 2. The predicted molar refractivity (Wildman–Crippen MR) is 145 cm³/mol. The van der Waals surface area contributed by atoms with E-state index in [1.54, 1.807) is 14.2 Å². The fourth-order valence-corrected chi connectivity index (χ4v) is 6.51. The molecule has 2 aliphatic carbocycles. The Bertz CT molecular complexity index is 1290. The van der Waals surface area contributed by atoms with Gasteiger partial charge in [-0.2, -0.15) is 0 Å². The molecule has 0 saturated heterocycles. The van der Waals surface area contributed by atoms with Crippen molar-refractivity contribution in [3.8, 4) is 11.5 Å². The Kier molecular flexibility index (Phi) is 7.43. The smallest absolute Gasteiger partial charge is 0.337 e. The molecule has 0 spiro atoms. The number of Topliss-reactive ketones (excluding diaryl/α,β-unsaturated/α-hetero) is 1. The SMILES string of the molecule is COc1ccc(C2C(C(=O)OC3CCCC3)=C(C)NC3=C2C(=O)CC(c2ccccc2OC)C3)cc1Br. The molecule has 6 nitrogen and oxygen atoms in total. The van der Waals surface area contributed by atoms with Crippen LogP contribution in [-0.4, -0.2) is 32.1 Å². The van der Waals surface area contributed by atoms with Gasteiger partial charge in [-0.1, -0.05) is 24.3 Å². The van der Waals surface area contributed by atoms with Gasteiger partial charge in [0.05, 0.1) is 24.3 Å². The number of benzene rings is 2. The summed E-state index contributed by atoms with van der Waals surface area (Å²) in [7, 11) is 3.27. The molecule has 1 fully saturated rings. The van der Waals surface area contributed by atoms with Crippen LogP contribution in [0.3, 0.4) is 0 Å². The normalized spacial score (nSPS) is 22.0. The number of para-hydroxylation sites is 1. The molecule has 7 heteroatoms. The predicted octanol–water partition coefficient (Wildman–Crippen LogP) is 6.31. The van der Waals surface area contributed by atoms with E-state index in [1.165, 1.54) is 0 Å². The Hall–Kier alpha value is -3.06. The molecule has 2 aromatic carbocycles. The lowest BCUT2D eigenvalue weighted by Crippen LogP contribution is -2.36. The summed E-state index contributed by atoms with van der Waals surface area (Å²) in [6.45, 7) is 1.90. The number of rotatable bonds is 6. The Balaban J connectivity index is 1.57. The van der Waals surface area contributed by atoms with E-state index < -0.39 is 5.92 Å². The quantitative estimate of drug-likeness (QED) is 0.413. The summed E-state index contributed by atoms with van der Waals surface area (Å²) in [4.78, 5) is 27.5. The summed E-state index contributed by atoms with van der Waals surface area (Å²) in [6, 6.07) is 13.6. The van der Waals surface area contributed by atoms with E-state index in [0.717, 1.165) is 58.4 Å². The van der Waals surface area contributed by atoms with E-state index in [9.17, 15) is 9.59 Å². The Labute approximate surface area is 226 Å². The van der Waals surface area contributed by atoms with E-state index in [0.29, 0.717) is 29.7 Å². The summed E-state index contributed by atoms with van der Waals surface area (Å²) in [5.74, 6) is 0.620. The van der Waals surface area contributed by atoms with Gasteiger partial charge in [0.15, 0.2) is 5.78 Å². The van der Waals surface area contributed by atoms with Gasteiger partial charge < -0.3 is 19.5 Å². The van der Waals surface area contributed by atoms with Crippen LogP contribution < -0.4 is 14.8 Å². The number of halogens is 1. The maximum Gasteiger partial charge on any atom is 0.337 e. The fraction of sp³-hybridized carbons (Fsp3) is 0.400. The van der Waals surface area contributed by atoms with E-state index in [4.69, 9.17) is 14.2 Å². The highest BCUT2D eigenvalue weighted by Gasteiger charge is 2.42. The average molecular weight is 566 g/mol. The van der Waals surface area contributed by atoms with Crippen LogP contribution in [0, 0.1) is 0 Å². The summed E-state index contributed by atoms with van der Waals surface area (Å²) >= 11 is 3.59. The Morgan fingerprint density at radius 3 is 2.43 bits per heavy atom. The molecule has 2 atom stereocenters. The number of nitrogens with one attached hydrogen (secondary N) is 1. The third-order valence-corrected chi connectivity index (χ3v) is 8.33. The van der Waals surface area contributed by atoms with Crippen molar-refractivity contribution in [2.75, 3.05) is 14.2 Å². The van der Waals surface area contributed by atoms with E-state index in [1.807, 2.05) is 49.4 Å². The van der Waals surface area contributed by atoms with Crippen LogP contribution in [0.5, 0.6) is 11.5 Å². The van der Waals surface area contributed by atoms with Crippen molar-refractivity contribution < 1.29 is 23.8 Å². The highest BCUT2D eigenvalue weighted by molar-refractivity contribution is 9.10. The van der Waals surface area contributed by atoms with Crippen molar-refractivity contribution in [3.05, 3.63) is 80.6 Å². The maximum atomic E-state index is 13.9. The van der Waals surface area contributed by atoms with Crippen molar-refractivity contribution >= 4 is 27.7 Å². The van der Waals surface area contributed by atoms with E-state index >= 15 is 0 Å². The van der Waals surface area contributed by atoms with Crippen molar-refractivity contribution in [2.45, 2.75) is 63.4 Å². The van der Waals surface area contributed by atoms with Crippen LogP contribution in [0.15, 0.2) is 69.5 Å². The Morgan fingerprint density at radius 2 is 1.73 bits per heavy atom. The standard InChI is InChI=1S/C30H32BrNO5/c1-17-27(30(34)37-20-8-4-5-9-20)28(18-12-13-26(36-3)22(31)14-18)29-23(32-17)15-19(16-24(29)33)21-10-6-7-11-25(21)35-2/h6-7,10-14,19-20,28,32H,4-5,8-9,15-16H2,1-3H3. The van der Waals surface area contributed by atoms with Gasteiger partial charge in [0.1, 0.15) is 17.6 Å². The first-order chi connectivity index (χ1) is 17.9. The number of methoxy groups -OCH3 is 2. The number of dihydropyridines is 1. The molecule has 2 aromatic rings. The number of hydrogen-bond donors (Lipinski definition) is 1. The molecule has 1 N–H and O–H groups in total. The minimum atomic E-state index is -0.515. The topological polar surface area (TPSA) is 73.9 Å². The number of ketones is 1. The lowest BCUT2D eigenvalue weighted by atomic mass is 9.71. The van der Waals surface area contributed by atoms with Crippen LogP contribution >= 0.6 is 15.9 Å². The highest BCUT2D eigenvalue weighted by atomic mass is 79.9. The zero-order chi connectivity index (χ0) is 26.1. The monoisotopic (exact) mass is 565 g/mol. The van der Waals surface area contributed by atoms with Gasteiger partial charge in [-0.3, -0.25) is 4.79 Å². The summed E-state index contributed by atoms with van der Waals surface area (Å²) in [6.07, 6.45) is 4.84. The third-order valence-electron chi connectivity index (χ3n) is 7.71. The van der Waals surface area contributed by atoms with Crippen LogP contribution in [0.25, 0.3) is 0 Å². The molecule has 1 saturated carbocycles. The second-order valence-corrected chi connectivity index (χ2v) is 10.8. The van der Waals surface area contributed by atoms with Gasteiger partial charge >= 0.3 is 5.97 Å². The van der Waals surface area contributed by atoms with E-state index in [2.05, 4.69) is 21.2 Å². The van der Waals surface area contributed by atoms with Gasteiger partial charge in [0, 0.05) is 35.2 Å². The van der Waals surface area contributed by atoms with Gasteiger partial charge in [-0.15, -0.1) is 0 Å². The first-order valence-electron chi connectivity index (χ1n) is 12.8. The largest absolute Gasteiger partial charge is 0.496 e. The number of esters is 1. The molecule has 1 heterocycles. The lowest BCUT2D eigenvalue weighted by molar-refractivity contribution is -0.144. The second-order valence-electron chi connectivity index (χ2n) is 9.96. The summed E-state index contributed by atoms with van der Waals surface area (Å²) in [5.41, 5.74) is 4.61. The van der Waals surface area contributed by atoms with Crippen LogP contribution in [0.1, 0.15) is 68.4 Å². The minimum Gasteiger partial charge on any atom is -0.496 e. The molecule has 0 radical (unpaired) electrons. The molecule has 194 valence electrons. The van der Waals surface area contributed by atoms with Crippen molar-refractivity contribution in [2.24, 2.45) is 0 Å². The molecule has 2 unspecified atom stereocenters. The number of hydrogen-bond acceptors (Lipinski definition) is 6. The van der Waals surface area contributed by atoms with Gasteiger partial charge in [-0.05, 0) is 84.3 Å². The molecule has 1 aliphatic heterocycles. The first-order valence-corrected chi connectivity index (χ1v) is 13.6. The third kappa shape index (κ3) is 4.93. The molecule has 3 aliphatic rings. The average Bonchev–Trinajstić information content (AvgIpc) is 3.40. The lowest BCUT2D eigenvalue weighted by Gasteiger charge is -2.37. The van der Waals surface area contributed by atoms with Crippen LogP contribution in [-0.2, 0) is 14.3 Å². The molecule has 0 aromatic heterocycles. The molecular weight excluding hydrogens is 534 g/mol. The second kappa shape index (κ2) is 10.7. The van der Waals surface area contributed by atoms with Gasteiger partial charge in [0.2, 0.25) is 0 Å². The van der Waals surface area contributed by atoms with E-state index in [-0.39, 0.29) is 23.8 Å². The summed E-state index contributed by atoms with van der Waals surface area (Å²) in [5, 5.41) is 3.44. The zero-order valence-corrected chi connectivity index (χ0v) is 23.0. The van der Waals surface area contributed by atoms with Gasteiger partial charge in [-0.25, -0.2) is 4.79 Å². The molecule has 5 rings (SSSR count). The maximum absolute atomic E-state index is 13.9. The van der Waals surface area contributed by atoms with Crippen LogP contribution in [0.4, 0.5) is 0 Å². The van der Waals surface area contributed by atoms with Crippen LogP contribution in [0.2, 0.25) is 0 Å². The van der Waals surface area contributed by atoms with Crippen molar-refractivity contribution in [1.82, 2.24) is 5.32 Å². The fourth-order valence-electron chi connectivity index (χ4n) is 5.95. The number of ether oxygens (including phenoxy) is 3. The molecular formula is C30H32BrNO5. The van der Waals surface area contributed by atoms with Crippen molar-refractivity contribution in [1.29, 1.82) is 0 Å². The number of allylic oxidation sites excluding steroid dienone is 3. The molecule has 37 heavy (non-hydrogen) atoms. The van der Waals surface area contributed by atoms with Crippen molar-refractivity contribution in [3.63, 3.8) is 0 Å². The first kappa shape index (κ1) is 25.6. The minimum absolute atomic E-state index is 0.0158. The van der Waals surface area contributed by atoms with Gasteiger partial charge in [0.25, 0.3) is 0 Å². The number of carbonyl (C=O) groups excluding carboxylic acids is 2.